The van der Waals surface area contributed by atoms with Crippen LogP contribution in [-0.4, -0.2) is 44.8 Å². The van der Waals surface area contributed by atoms with Crippen molar-refractivity contribution in [3.63, 3.8) is 0 Å². The number of rotatable bonds is 10. The van der Waals surface area contributed by atoms with Crippen LogP contribution < -0.4 is 29.2 Å². The maximum Gasteiger partial charge on any atom is 0.335 e. The standard InChI is InChI=1S/C28H25ClN2O7/c1-3-36-25-17-18(8-13-24(25)38-15-14-37-23-7-5-4-6-22(23)35-2)16-21-26(32)30-28(34)31(27(21)33)20-11-9-19(29)10-12-20/h4-13,16-17H,3,14-15H2,1-2H3,(H,30,32,34). The molecular formula is C28H25ClN2O7. The van der Waals surface area contributed by atoms with Crippen molar-refractivity contribution in [2.75, 3.05) is 31.8 Å². The first-order valence-electron chi connectivity index (χ1n) is 11.7. The van der Waals surface area contributed by atoms with Gasteiger partial charge in [-0.2, -0.15) is 0 Å². The quantitative estimate of drug-likeness (QED) is 0.224. The SMILES string of the molecule is CCOc1cc(C=C2C(=O)NC(=O)N(c3ccc(Cl)cc3)C2=O)ccc1OCCOc1ccccc1OC. The maximum atomic E-state index is 13.1. The van der Waals surface area contributed by atoms with Gasteiger partial charge in [-0.15, -0.1) is 0 Å². The predicted octanol–water partition coefficient (Wildman–Crippen LogP) is 4.87. The number of para-hydroxylation sites is 2. The van der Waals surface area contributed by atoms with Crippen LogP contribution >= 0.6 is 11.6 Å². The van der Waals surface area contributed by atoms with Gasteiger partial charge in [0, 0.05) is 5.02 Å². The molecule has 0 aliphatic carbocycles. The first-order chi connectivity index (χ1) is 18.4. The number of ether oxygens (including phenoxy) is 4. The lowest BCUT2D eigenvalue weighted by molar-refractivity contribution is -0.122. The Balaban J connectivity index is 1.50. The molecule has 0 aromatic heterocycles. The summed E-state index contributed by atoms with van der Waals surface area (Å²) >= 11 is 5.91. The van der Waals surface area contributed by atoms with E-state index in [2.05, 4.69) is 5.32 Å². The Morgan fingerprint density at radius 3 is 2.16 bits per heavy atom. The molecule has 4 amide bonds. The van der Waals surface area contributed by atoms with Crippen LogP contribution in [0.2, 0.25) is 5.02 Å². The van der Waals surface area contributed by atoms with E-state index in [0.717, 1.165) is 4.90 Å². The average Bonchev–Trinajstić information content (AvgIpc) is 2.91. The van der Waals surface area contributed by atoms with Gasteiger partial charge in [0.15, 0.2) is 23.0 Å². The molecule has 1 aliphatic heterocycles. The van der Waals surface area contributed by atoms with E-state index in [0.29, 0.717) is 40.2 Å². The molecule has 0 bridgehead atoms. The Morgan fingerprint density at radius 1 is 0.842 bits per heavy atom. The van der Waals surface area contributed by atoms with E-state index >= 15 is 0 Å². The van der Waals surface area contributed by atoms with Crippen LogP contribution in [0.15, 0.2) is 72.3 Å². The van der Waals surface area contributed by atoms with E-state index in [-0.39, 0.29) is 24.5 Å². The molecule has 9 nitrogen and oxygen atoms in total. The summed E-state index contributed by atoms with van der Waals surface area (Å²) in [6, 6.07) is 17.6. The minimum absolute atomic E-state index is 0.208. The fourth-order valence-electron chi connectivity index (χ4n) is 3.69. The number of hydrogen-bond donors (Lipinski definition) is 1. The van der Waals surface area contributed by atoms with Crippen LogP contribution in [0.5, 0.6) is 23.0 Å². The number of methoxy groups -OCH3 is 1. The van der Waals surface area contributed by atoms with E-state index in [9.17, 15) is 14.4 Å². The summed E-state index contributed by atoms with van der Waals surface area (Å²) in [7, 11) is 1.57. The van der Waals surface area contributed by atoms with Crippen LogP contribution in [0.4, 0.5) is 10.5 Å². The largest absolute Gasteiger partial charge is 0.493 e. The lowest BCUT2D eigenvalue weighted by Crippen LogP contribution is -2.54. The van der Waals surface area contributed by atoms with Crippen LogP contribution in [0, 0.1) is 0 Å². The number of carbonyl (C=O) groups excluding carboxylic acids is 3. The Hall–Kier alpha value is -4.50. The second kappa shape index (κ2) is 12.2. The number of urea groups is 1. The highest BCUT2D eigenvalue weighted by Gasteiger charge is 2.36. The highest BCUT2D eigenvalue weighted by atomic mass is 35.5. The zero-order valence-electron chi connectivity index (χ0n) is 20.7. The third kappa shape index (κ3) is 6.07. The van der Waals surface area contributed by atoms with Gasteiger partial charge < -0.3 is 18.9 Å². The van der Waals surface area contributed by atoms with E-state index in [1.54, 1.807) is 49.6 Å². The van der Waals surface area contributed by atoms with Gasteiger partial charge in [0.05, 0.1) is 19.4 Å². The smallest absolute Gasteiger partial charge is 0.335 e. The minimum Gasteiger partial charge on any atom is -0.493 e. The van der Waals surface area contributed by atoms with Gasteiger partial charge in [-0.3, -0.25) is 14.9 Å². The number of barbiturate groups is 1. The normalized spacial score (nSPS) is 14.3. The van der Waals surface area contributed by atoms with Crippen molar-refractivity contribution >= 4 is 41.2 Å². The number of benzene rings is 3. The molecule has 0 unspecified atom stereocenters. The lowest BCUT2D eigenvalue weighted by atomic mass is 10.1. The van der Waals surface area contributed by atoms with Crippen LogP contribution in [0.1, 0.15) is 12.5 Å². The Morgan fingerprint density at radius 2 is 1.50 bits per heavy atom. The molecule has 4 rings (SSSR count). The molecule has 1 heterocycles. The van der Waals surface area contributed by atoms with Crippen molar-refractivity contribution in [2.45, 2.75) is 6.92 Å². The number of carbonyl (C=O) groups is 3. The van der Waals surface area contributed by atoms with Crippen molar-refractivity contribution in [2.24, 2.45) is 0 Å². The van der Waals surface area contributed by atoms with Crippen LogP contribution in [-0.2, 0) is 9.59 Å². The predicted molar refractivity (Wildman–Crippen MR) is 142 cm³/mol. The third-order valence-corrected chi connectivity index (χ3v) is 5.68. The number of nitrogens with zero attached hydrogens (tertiary/aromatic N) is 1. The maximum absolute atomic E-state index is 13.1. The monoisotopic (exact) mass is 536 g/mol. The number of amides is 4. The summed E-state index contributed by atoms with van der Waals surface area (Å²) in [6.07, 6.45) is 1.39. The lowest BCUT2D eigenvalue weighted by Gasteiger charge is -2.26. The number of hydrogen-bond acceptors (Lipinski definition) is 7. The van der Waals surface area contributed by atoms with Crippen molar-refractivity contribution in [1.82, 2.24) is 5.32 Å². The van der Waals surface area contributed by atoms with Gasteiger partial charge in [0.2, 0.25) is 0 Å². The molecule has 196 valence electrons. The Kier molecular flexibility index (Phi) is 8.50. The molecule has 1 N–H and O–H groups in total. The van der Waals surface area contributed by atoms with E-state index in [1.165, 1.54) is 18.2 Å². The molecule has 3 aromatic carbocycles. The van der Waals surface area contributed by atoms with E-state index < -0.39 is 17.8 Å². The zero-order valence-corrected chi connectivity index (χ0v) is 21.5. The Labute approximate surface area is 224 Å². The molecule has 1 saturated heterocycles. The Bertz CT molecular complexity index is 1370. The fourth-order valence-corrected chi connectivity index (χ4v) is 3.82. The highest BCUT2D eigenvalue weighted by Crippen LogP contribution is 2.31. The molecular weight excluding hydrogens is 512 g/mol. The van der Waals surface area contributed by atoms with Gasteiger partial charge in [-0.25, -0.2) is 9.69 Å². The second-order valence-corrected chi connectivity index (χ2v) is 8.36. The molecule has 3 aromatic rings. The summed E-state index contributed by atoms with van der Waals surface area (Å²) in [6.45, 7) is 2.69. The van der Waals surface area contributed by atoms with Gasteiger partial charge in [0.1, 0.15) is 18.8 Å². The van der Waals surface area contributed by atoms with Crippen molar-refractivity contribution in [1.29, 1.82) is 0 Å². The highest BCUT2D eigenvalue weighted by molar-refractivity contribution is 6.39. The van der Waals surface area contributed by atoms with E-state index in [4.69, 9.17) is 30.5 Å². The summed E-state index contributed by atoms with van der Waals surface area (Å²) in [4.78, 5) is 38.9. The summed E-state index contributed by atoms with van der Waals surface area (Å²) in [5, 5.41) is 2.64. The zero-order chi connectivity index (χ0) is 27.1. The van der Waals surface area contributed by atoms with E-state index in [1.807, 2.05) is 19.1 Å². The molecule has 1 aliphatic rings. The number of nitrogens with one attached hydrogen (secondary N) is 1. The first kappa shape index (κ1) is 26.6. The molecule has 0 atom stereocenters. The van der Waals surface area contributed by atoms with Crippen molar-refractivity contribution < 1.29 is 33.3 Å². The van der Waals surface area contributed by atoms with Gasteiger partial charge in [-0.1, -0.05) is 29.8 Å². The van der Waals surface area contributed by atoms with Crippen LogP contribution in [0.3, 0.4) is 0 Å². The fraction of sp³-hybridized carbons (Fsp3) is 0.179. The first-order valence-corrected chi connectivity index (χ1v) is 12.1. The van der Waals surface area contributed by atoms with Gasteiger partial charge >= 0.3 is 6.03 Å². The van der Waals surface area contributed by atoms with Gasteiger partial charge in [-0.05, 0) is 67.1 Å². The molecule has 1 fully saturated rings. The number of imide groups is 2. The molecule has 0 saturated carbocycles. The number of halogens is 1. The number of anilines is 1. The molecule has 10 heteroatoms. The van der Waals surface area contributed by atoms with Crippen LogP contribution in [0.25, 0.3) is 6.08 Å². The molecule has 0 radical (unpaired) electrons. The summed E-state index contributed by atoms with van der Waals surface area (Å²) < 4.78 is 22.6. The second-order valence-electron chi connectivity index (χ2n) is 7.92. The summed E-state index contributed by atoms with van der Waals surface area (Å²) in [5.41, 5.74) is 0.584. The molecule has 38 heavy (non-hydrogen) atoms. The van der Waals surface area contributed by atoms with Gasteiger partial charge in [0.25, 0.3) is 11.8 Å². The van der Waals surface area contributed by atoms with Crippen molar-refractivity contribution in [3.8, 4) is 23.0 Å². The topological polar surface area (TPSA) is 103 Å². The minimum atomic E-state index is -0.839. The summed E-state index contributed by atoms with van der Waals surface area (Å²) in [5.74, 6) is 0.568. The average molecular weight is 537 g/mol. The van der Waals surface area contributed by atoms with Crippen molar-refractivity contribution in [3.05, 3.63) is 82.9 Å². The third-order valence-electron chi connectivity index (χ3n) is 5.43. The molecule has 0 spiro atoms.